The molecule has 0 saturated carbocycles. The molecule has 0 radical (unpaired) electrons. The summed E-state index contributed by atoms with van der Waals surface area (Å²) in [5.41, 5.74) is 0.754. The van der Waals surface area contributed by atoms with Crippen LogP contribution in [0.3, 0.4) is 0 Å². The SMILES string of the molecule is COc1cc2sc(=NC(=O)c3coc4ccccc4c3=O)n(C)c2cc1OC. The Bertz CT molecular complexity index is 1350. The summed E-state index contributed by atoms with van der Waals surface area (Å²) in [4.78, 5) is 29.9. The minimum Gasteiger partial charge on any atom is -0.493 e. The second-order valence-corrected chi connectivity index (χ2v) is 7.02. The number of nitrogens with zero attached hydrogens (tertiary/aromatic N) is 2. The highest BCUT2D eigenvalue weighted by molar-refractivity contribution is 7.16. The summed E-state index contributed by atoms with van der Waals surface area (Å²) < 4.78 is 18.7. The predicted octanol–water partition coefficient (Wildman–Crippen LogP) is 3.10. The summed E-state index contributed by atoms with van der Waals surface area (Å²) in [6.45, 7) is 0. The Labute approximate surface area is 163 Å². The third kappa shape index (κ3) is 2.87. The lowest BCUT2D eigenvalue weighted by Crippen LogP contribution is -2.18. The van der Waals surface area contributed by atoms with Crippen molar-refractivity contribution in [2.45, 2.75) is 0 Å². The van der Waals surface area contributed by atoms with Gasteiger partial charge >= 0.3 is 0 Å². The van der Waals surface area contributed by atoms with Crippen LogP contribution in [0.2, 0.25) is 0 Å². The zero-order chi connectivity index (χ0) is 19.8. The number of aromatic nitrogens is 1. The van der Waals surface area contributed by atoms with Crippen molar-refractivity contribution < 1.29 is 18.7 Å². The van der Waals surface area contributed by atoms with Crippen LogP contribution in [0, 0.1) is 0 Å². The highest BCUT2D eigenvalue weighted by Gasteiger charge is 2.15. The van der Waals surface area contributed by atoms with E-state index in [4.69, 9.17) is 13.9 Å². The van der Waals surface area contributed by atoms with Gasteiger partial charge in [-0.05, 0) is 12.1 Å². The first-order valence-corrected chi connectivity index (χ1v) is 9.16. The summed E-state index contributed by atoms with van der Waals surface area (Å²) in [6.07, 6.45) is 1.16. The number of hydrogen-bond acceptors (Lipinski definition) is 6. The molecule has 2 heterocycles. The lowest BCUT2D eigenvalue weighted by molar-refractivity contribution is 0.0995. The minimum atomic E-state index is -0.652. The number of fused-ring (bicyclic) bond motifs is 2. The number of aryl methyl sites for hydroxylation is 1. The Morgan fingerprint density at radius 3 is 2.61 bits per heavy atom. The minimum absolute atomic E-state index is 0.105. The molecule has 4 rings (SSSR count). The highest BCUT2D eigenvalue weighted by atomic mass is 32.1. The number of amides is 1. The zero-order valence-corrected chi connectivity index (χ0v) is 16.2. The predicted molar refractivity (Wildman–Crippen MR) is 106 cm³/mol. The molecule has 0 aliphatic carbocycles. The molecule has 0 spiro atoms. The number of hydrogen-bond donors (Lipinski definition) is 0. The Morgan fingerprint density at radius 2 is 1.86 bits per heavy atom. The summed E-state index contributed by atoms with van der Waals surface area (Å²) in [7, 11) is 4.91. The van der Waals surface area contributed by atoms with E-state index in [1.165, 1.54) is 11.3 Å². The number of benzene rings is 2. The van der Waals surface area contributed by atoms with Crippen LogP contribution < -0.4 is 19.7 Å². The smallest absolute Gasteiger partial charge is 0.286 e. The first-order valence-electron chi connectivity index (χ1n) is 8.34. The Balaban J connectivity index is 1.86. The van der Waals surface area contributed by atoms with Crippen molar-refractivity contribution in [3.8, 4) is 11.5 Å². The molecule has 0 aliphatic rings. The number of methoxy groups -OCH3 is 2. The van der Waals surface area contributed by atoms with Gasteiger partial charge in [-0.25, -0.2) is 0 Å². The molecule has 7 nitrogen and oxygen atoms in total. The molecule has 0 atom stereocenters. The summed E-state index contributed by atoms with van der Waals surface area (Å²) in [6, 6.07) is 10.4. The van der Waals surface area contributed by atoms with Gasteiger partial charge in [0, 0.05) is 19.2 Å². The van der Waals surface area contributed by atoms with Gasteiger partial charge in [0.15, 0.2) is 16.3 Å². The highest BCUT2D eigenvalue weighted by Crippen LogP contribution is 2.33. The van der Waals surface area contributed by atoms with Gasteiger partial charge in [-0.3, -0.25) is 9.59 Å². The fraction of sp³-hybridized carbons (Fsp3) is 0.150. The first kappa shape index (κ1) is 18.0. The number of carbonyl (C=O) groups excluding carboxylic acids is 1. The van der Waals surface area contributed by atoms with Crippen LogP contribution in [-0.4, -0.2) is 24.7 Å². The molecular formula is C20H16N2O5S. The van der Waals surface area contributed by atoms with Gasteiger partial charge in [0.2, 0.25) is 5.43 Å². The van der Waals surface area contributed by atoms with E-state index in [1.807, 2.05) is 12.1 Å². The van der Waals surface area contributed by atoms with Gasteiger partial charge in [-0.2, -0.15) is 4.99 Å². The molecule has 0 N–H and O–H groups in total. The van der Waals surface area contributed by atoms with Gasteiger partial charge in [0.05, 0.1) is 29.8 Å². The Kier molecular flexibility index (Phi) is 4.48. The average molecular weight is 396 g/mol. The van der Waals surface area contributed by atoms with Crippen molar-refractivity contribution in [3.05, 3.63) is 63.2 Å². The lowest BCUT2D eigenvalue weighted by Gasteiger charge is -2.07. The maximum absolute atomic E-state index is 12.7. The van der Waals surface area contributed by atoms with Crippen LogP contribution in [0.4, 0.5) is 0 Å². The van der Waals surface area contributed by atoms with Crippen LogP contribution in [0.25, 0.3) is 21.2 Å². The lowest BCUT2D eigenvalue weighted by atomic mass is 10.2. The van der Waals surface area contributed by atoms with Crippen molar-refractivity contribution >= 4 is 38.4 Å². The van der Waals surface area contributed by atoms with Crippen molar-refractivity contribution in [1.29, 1.82) is 0 Å². The molecule has 4 aromatic rings. The second-order valence-electron chi connectivity index (χ2n) is 6.01. The molecule has 0 aliphatic heterocycles. The molecule has 0 bridgehead atoms. The Morgan fingerprint density at radius 1 is 1.14 bits per heavy atom. The standard InChI is InChI=1S/C20H16N2O5S/c1-22-13-8-15(25-2)16(26-3)9-17(13)28-20(22)21-19(24)12-10-27-14-7-5-4-6-11(14)18(12)23/h4-10H,1-3H3. The molecule has 1 amide bonds. The fourth-order valence-corrected chi connectivity index (χ4v) is 3.96. The van der Waals surface area contributed by atoms with Crippen LogP contribution in [0.5, 0.6) is 11.5 Å². The van der Waals surface area contributed by atoms with E-state index in [9.17, 15) is 9.59 Å². The van der Waals surface area contributed by atoms with Crippen LogP contribution in [0.1, 0.15) is 10.4 Å². The van der Waals surface area contributed by atoms with E-state index in [-0.39, 0.29) is 5.56 Å². The second kappa shape index (κ2) is 6.97. The molecule has 2 aromatic heterocycles. The van der Waals surface area contributed by atoms with Crippen molar-refractivity contribution in [1.82, 2.24) is 4.57 Å². The fourth-order valence-electron chi connectivity index (χ4n) is 2.93. The maximum atomic E-state index is 12.7. The first-order chi connectivity index (χ1) is 13.5. The average Bonchev–Trinajstić information content (AvgIpc) is 3.01. The molecule has 0 unspecified atom stereocenters. The third-order valence-corrected chi connectivity index (χ3v) is 5.52. The number of carbonyl (C=O) groups is 1. The van der Waals surface area contributed by atoms with E-state index in [0.717, 1.165) is 16.5 Å². The number of rotatable bonds is 3. The molecule has 28 heavy (non-hydrogen) atoms. The van der Waals surface area contributed by atoms with Crippen LogP contribution >= 0.6 is 11.3 Å². The molecule has 0 saturated heterocycles. The molecule has 0 fully saturated rings. The van der Waals surface area contributed by atoms with Gasteiger partial charge in [0.1, 0.15) is 17.4 Å². The van der Waals surface area contributed by atoms with E-state index in [2.05, 4.69) is 4.99 Å². The van der Waals surface area contributed by atoms with Gasteiger partial charge in [-0.1, -0.05) is 23.5 Å². The van der Waals surface area contributed by atoms with E-state index < -0.39 is 11.3 Å². The normalized spacial score (nSPS) is 11.9. The van der Waals surface area contributed by atoms with Crippen LogP contribution in [0.15, 0.2) is 56.9 Å². The van der Waals surface area contributed by atoms with E-state index in [1.54, 1.807) is 50.1 Å². The quantitative estimate of drug-likeness (QED) is 0.531. The van der Waals surface area contributed by atoms with E-state index in [0.29, 0.717) is 27.3 Å². The number of para-hydroxylation sites is 1. The van der Waals surface area contributed by atoms with Crippen molar-refractivity contribution in [2.24, 2.45) is 12.0 Å². The maximum Gasteiger partial charge on any atom is 0.286 e. The zero-order valence-electron chi connectivity index (χ0n) is 15.4. The van der Waals surface area contributed by atoms with Crippen LogP contribution in [-0.2, 0) is 7.05 Å². The third-order valence-electron chi connectivity index (χ3n) is 4.42. The Hall–Kier alpha value is -3.39. The largest absolute Gasteiger partial charge is 0.493 e. The number of ether oxygens (including phenoxy) is 2. The van der Waals surface area contributed by atoms with Crippen molar-refractivity contribution in [2.75, 3.05) is 14.2 Å². The summed E-state index contributed by atoms with van der Waals surface area (Å²) in [5.74, 6) is 0.516. The monoisotopic (exact) mass is 396 g/mol. The summed E-state index contributed by atoms with van der Waals surface area (Å²) in [5, 5.41) is 0.346. The topological polar surface area (TPSA) is 83.0 Å². The molecule has 8 heteroatoms. The van der Waals surface area contributed by atoms with Gasteiger partial charge in [-0.15, -0.1) is 0 Å². The molecule has 2 aromatic carbocycles. The molecular weight excluding hydrogens is 380 g/mol. The van der Waals surface area contributed by atoms with Gasteiger partial charge < -0.3 is 18.5 Å². The van der Waals surface area contributed by atoms with Crippen molar-refractivity contribution in [3.63, 3.8) is 0 Å². The van der Waals surface area contributed by atoms with E-state index >= 15 is 0 Å². The molecule has 142 valence electrons. The summed E-state index contributed by atoms with van der Waals surface area (Å²) >= 11 is 1.31. The van der Waals surface area contributed by atoms with Gasteiger partial charge in [0.25, 0.3) is 5.91 Å². The number of thiazole rings is 1.